The maximum atomic E-state index is 6.29. The third kappa shape index (κ3) is 4.07. The first-order valence-electron chi connectivity index (χ1n) is 8.71. The van der Waals surface area contributed by atoms with Crippen molar-refractivity contribution < 1.29 is 9.47 Å². The first-order chi connectivity index (χ1) is 11.7. The molecule has 1 N–H and O–H groups in total. The van der Waals surface area contributed by atoms with Gasteiger partial charge in [-0.2, -0.15) is 0 Å². The van der Waals surface area contributed by atoms with Crippen LogP contribution < -0.4 is 14.8 Å². The predicted molar refractivity (Wildman–Crippen MR) is 97.5 cm³/mol. The topological polar surface area (TPSA) is 46.1 Å². The molecule has 1 aromatic carbocycles. The zero-order chi connectivity index (χ0) is 16.9. The molecule has 5 nitrogen and oxygen atoms in total. The van der Waals surface area contributed by atoms with Crippen LogP contribution >= 0.6 is 11.6 Å². The van der Waals surface area contributed by atoms with Crippen LogP contribution in [0.25, 0.3) is 0 Å². The van der Waals surface area contributed by atoms with Crippen molar-refractivity contribution in [2.24, 2.45) is 10.9 Å². The highest BCUT2D eigenvalue weighted by molar-refractivity contribution is 6.32. The van der Waals surface area contributed by atoms with E-state index in [4.69, 9.17) is 21.1 Å². The summed E-state index contributed by atoms with van der Waals surface area (Å²) in [5, 5.41) is 4.08. The van der Waals surface area contributed by atoms with Gasteiger partial charge >= 0.3 is 0 Å². The minimum atomic E-state index is 0.554. The van der Waals surface area contributed by atoms with Gasteiger partial charge in [0.05, 0.1) is 5.02 Å². The summed E-state index contributed by atoms with van der Waals surface area (Å²) in [4.78, 5) is 6.76. The van der Waals surface area contributed by atoms with Crippen molar-refractivity contribution >= 4 is 17.6 Å². The van der Waals surface area contributed by atoms with Crippen molar-refractivity contribution in [1.82, 2.24) is 10.2 Å². The fourth-order valence-corrected chi connectivity index (χ4v) is 3.47. The maximum Gasteiger partial charge on any atom is 0.193 e. The lowest BCUT2D eigenvalue weighted by Crippen LogP contribution is -2.45. The number of aliphatic imine (C=N–C) groups is 1. The van der Waals surface area contributed by atoms with Gasteiger partial charge in [-0.3, -0.25) is 4.99 Å². The van der Waals surface area contributed by atoms with E-state index < -0.39 is 0 Å². The van der Waals surface area contributed by atoms with Gasteiger partial charge in [-0.05, 0) is 42.9 Å². The van der Waals surface area contributed by atoms with E-state index in [1.165, 1.54) is 12.8 Å². The Hall–Kier alpha value is -1.62. The molecule has 0 atom stereocenters. The van der Waals surface area contributed by atoms with Crippen LogP contribution in [-0.4, -0.2) is 50.8 Å². The molecular formula is C18H26ClN3O2. The molecule has 3 rings (SSSR count). The number of nitrogens with one attached hydrogen (secondary N) is 1. The summed E-state index contributed by atoms with van der Waals surface area (Å²) < 4.78 is 11.2. The van der Waals surface area contributed by atoms with Gasteiger partial charge in [0.15, 0.2) is 17.5 Å². The van der Waals surface area contributed by atoms with Gasteiger partial charge in [0.25, 0.3) is 0 Å². The Morgan fingerprint density at radius 2 is 2.04 bits per heavy atom. The van der Waals surface area contributed by atoms with Gasteiger partial charge in [0.1, 0.15) is 13.2 Å². The highest BCUT2D eigenvalue weighted by Gasteiger charge is 2.19. The molecule has 0 unspecified atom stereocenters. The van der Waals surface area contributed by atoms with E-state index in [1.54, 1.807) is 0 Å². The molecule has 2 heterocycles. The summed E-state index contributed by atoms with van der Waals surface area (Å²) in [7, 11) is 1.85. The normalized spacial score (nSPS) is 18.6. The molecule has 0 aromatic heterocycles. The highest BCUT2D eigenvalue weighted by atomic mass is 35.5. The third-order valence-electron chi connectivity index (χ3n) is 4.65. The van der Waals surface area contributed by atoms with Crippen LogP contribution in [-0.2, 0) is 6.42 Å². The van der Waals surface area contributed by atoms with Crippen LogP contribution in [0.5, 0.6) is 11.5 Å². The Kier molecular flexibility index (Phi) is 5.72. The van der Waals surface area contributed by atoms with E-state index in [1.807, 2.05) is 19.2 Å². The zero-order valence-corrected chi connectivity index (χ0v) is 15.2. The number of hydrogen-bond donors (Lipinski definition) is 1. The molecule has 1 fully saturated rings. The van der Waals surface area contributed by atoms with Crippen LogP contribution in [0.2, 0.25) is 5.02 Å². The molecule has 0 amide bonds. The van der Waals surface area contributed by atoms with Gasteiger partial charge in [-0.15, -0.1) is 0 Å². The summed E-state index contributed by atoms with van der Waals surface area (Å²) in [6.07, 6.45) is 3.33. The molecule has 0 aliphatic carbocycles. The van der Waals surface area contributed by atoms with E-state index in [2.05, 4.69) is 22.1 Å². The van der Waals surface area contributed by atoms with Gasteiger partial charge < -0.3 is 19.7 Å². The highest BCUT2D eigenvalue weighted by Crippen LogP contribution is 2.38. The molecule has 6 heteroatoms. The summed E-state index contributed by atoms with van der Waals surface area (Å²) >= 11 is 6.29. The number of fused-ring (bicyclic) bond motifs is 1. The number of hydrogen-bond acceptors (Lipinski definition) is 3. The molecule has 2 aliphatic heterocycles. The molecule has 132 valence electrons. The second-order valence-electron chi connectivity index (χ2n) is 6.50. The number of benzene rings is 1. The first kappa shape index (κ1) is 17.2. The van der Waals surface area contributed by atoms with Crippen molar-refractivity contribution in [1.29, 1.82) is 0 Å². The van der Waals surface area contributed by atoms with E-state index in [-0.39, 0.29) is 0 Å². The SMILES string of the molecule is CN=C(NCCc1cc(Cl)c2c(c1)OCCO2)N1CCC(C)CC1. The van der Waals surface area contributed by atoms with Crippen LogP contribution in [0.3, 0.4) is 0 Å². The molecule has 0 spiro atoms. The summed E-state index contributed by atoms with van der Waals surface area (Å²) in [5.41, 5.74) is 1.14. The summed E-state index contributed by atoms with van der Waals surface area (Å²) in [6, 6.07) is 3.98. The van der Waals surface area contributed by atoms with Crippen molar-refractivity contribution in [3.8, 4) is 11.5 Å². The Morgan fingerprint density at radius 3 is 2.79 bits per heavy atom. The lowest BCUT2D eigenvalue weighted by molar-refractivity contribution is 0.171. The monoisotopic (exact) mass is 351 g/mol. The largest absolute Gasteiger partial charge is 0.486 e. The summed E-state index contributed by atoms with van der Waals surface area (Å²) in [6.45, 7) is 6.42. The van der Waals surface area contributed by atoms with Gasteiger partial charge in [0, 0.05) is 26.7 Å². The van der Waals surface area contributed by atoms with Crippen molar-refractivity contribution in [3.05, 3.63) is 22.7 Å². The molecule has 2 aliphatic rings. The third-order valence-corrected chi connectivity index (χ3v) is 4.93. The minimum absolute atomic E-state index is 0.554. The lowest BCUT2D eigenvalue weighted by atomic mass is 9.99. The van der Waals surface area contributed by atoms with Crippen LogP contribution in [0.15, 0.2) is 17.1 Å². The van der Waals surface area contributed by atoms with Gasteiger partial charge in [-0.1, -0.05) is 18.5 Å². The molecule has 0 bridgehead atoms. The number of ether oxygens (including phenoxy) is 2. The van der Waals surface area contributed by atoms with Crippen LogP contribution in [0, 0.1) is 5.92 Å². The van der Waals surface area contributed by atoms with Crippen molar-refractivity contribution in [2.75, 3.05) is 39.9 Å². The second-order valence-corrected chi connectivity index (χ2v) is 6.90. The maximum absolute atomic E-state index is 6.29. The predicted octanol–water partition coefficient (Wildman–Crippen LogP) is 2.96. The number of rotatable bonds is 3. The number of piperidine rings is 1. The number of likely N-dealkylation sites (tertiary alicyclic amines) is 1. The smallest absolute Gasteiger partial charge is 0.193 e. The Morgan fingerprint density at radius 1 is 1.29 bits per heavy atom. The van der Waals surface area contributed by atoms with E-state index >= 15 is 0 Å². The number of halogens is 1. The van der Waals surface area contributed by atoms with Crippen molar-refractivity contribution in [3.63, 3.8) is 0 Å². The lowest BCUT2D eigenvalue weighted by Gasteiger charge is -2.33. The van der Waals surface area contributed by atoms with E-state index in [0.29, 0.717) is 24.0 Å². The zero-order valence-electron chi connectivity index (χ0n) is 14.5. The van der Waals surface area contributed by atoms with Crippen LogP contribution in [0.1, 0.15) is 25.3 Å². The first-order valence-corrected chi connectivity index (χ1v) is 9.09. The minimum Gasteiger partial charge on any atom is -0.486 e. The summed E-state index contributed by atoms with van der Waals surface area (Å²) in [5.74, 6) is 3.22. The molecule has 24 heavy (non-hydrogen) atoms. The Balaban J connectivity index is 1.55. The van der Waals surface area contributed by atoms with Gasteiger partial charge in [-0.25, -0.2) is 0 Å². The molecule has 1 aromatic rings. The second kappa shape index (κ2) is 7.97. The van der Waals surface area contributed by atoms with Gasteiger partial charge in [0.2, 0.25) is 0 Å². The fraction of sp³-hybridized carbons (Fsp3) is 0.611. The van der Waals surface area contributed by atoms with Crippen LogP contribution in [0.4, 0.5) is 0 Å². The van der Waals surface area contributed by atoms with E-state index in [0.717, 1.165) is 49.2 Å². The van der Waals surface area contributed by atoms with Crippen molar-refractivity contribution in [2.45, 2.75) is 26.2 Å². The molecule has 0 saturated carbocycles. The number of nitrogens with zero attached hydrogens (tertiary/aromatic N) is 2. The Labute approximate surface area is 149 Å². The molecule has 0 radical (unpaired) electrons. The average Bonchev–Trinajstić information content (AvgIpc) is 2.60. The molecular weight excluding hydrogens is 326 g/mol. The molecule has 1 saturated heterocycles. The number of guanidine groups is 1. The average molecular weight is 352 g/mol. The standard InChI is InChI=1S/C18H26ClN3O2/c1-13-4-7-22(8-5-13)18(20-2)21-6-3-14-11-15(19)17-16(12-14)23-9-10-24-17/h11-13H,3-10H2,1-2H3,(H,20,21). The fourth-order valence-electron chi connectivity index (χ4n) is 3.18. The Bertz CT molecular complexity index is 598. The van der Waals surface area contributed by atoms with E-state index in [9.17, 15) is 0 Å². The quantitative estimate of drug-likeness (QED) is 0.671.